The zero-order chi connectivity index (χ0) is 36.8. The highest BCUT2D eigenvalue weighted by Gasteiger charge is 2.38. The number of hydrogen-bond donors (Lipinski definition) is 6. The Morgan fingerprint density at radius 2 is 1.63 bits per heavy atom. The highest BCUT2D eigenvalue weighted by molar-refractivity contribution is 7.07. The largest absolute Gasteiger partial charge is 0.391 e. The summed E-state index contributed by atoms with van der Waals surface area (Å²) in [4.78, 5) is 60.5. The molecule has 2 aromatic rings. The molecule has 1 aliphatic heterocycles. The van der Waals surface area contributed by atoms with Gasteiger partial charge in [0.1, 0.15) is 12.1 Å². The van der Waals surface area contributed by atoms with Crippen molar-refractivity contribution in [3.05, 3.63) is 52.5 Å². The second-order valence-electron chi connectivity index (χ2n) is 14.4. The molecule has 1 aliphatic carbocycles. The third kappa shape index (κ3) is 13.2. The van der Waals surface area contributed by atoms with Crippen LogP contribution in [0.5, 0.6) is 0 Å². The number of rotatable bonds is 18. The molecule has 1 aromatic heterocycles. The number of morpholine rings is 1. The van der Waals surface area contributed by atoms with Crippen molar-refractivity contribution in [1.29, 1.82) is 0 Å². The van der Waals surface area contributed by atoms with Crippen LogP contribution in [0.25, 0.3) is 0 Å². The van der Waals surface area contributed by atoms with E-state index in [2.05, 4.69) is 26.3 Å². The Kier molecular flexibility index (Phi) is 15.8. The molecule has 0 spiro atoms. The molecule has 13 nitrogen and oxygen atoms in total. The number of carbonyl (C=O) groups is 4. The first-order valence-corrected chi connectivity index (χ1v) is 19.1. The molecule has 4 rings (SSSR count). The predicted molar refractivity (Wildman–Crippen MR) is 195 cm³/mol. The average molecular weight is 729 g/mol. The van der Waals surface area contributed by atoms with Crippen LogP contribution in [0.3, 0.4) is 0 Å². The number of carbonyl (C=O) groups excluding carboxylic acids is 4. The van der Waals surface area contributed by atoms with E-state index in [0.29, 0.717) is 38.4 Å². The fraction of sp³-hybridized carbons (Fsp3) is 0.649. The molecule has 0 unspecified atom stereocenters. The smallest absolute Gasteiger partial charge is 0.243 e. The van der Waals surface area contributed by atoms with E-state index in [9.17, 15) is 29.4 Å². The van der Waals surface area contributed by atoms with Gasteiger partial charge in [-0.1, -0.05) is 62.4 Å². The van der Waals surface area contributed by atoms with Gasteiger partial charge in [0.05, 0.1) is 54.6 Å². The molecule has 0 radical (unpaired) electrons. The van der Waals surface area contributed by atoms with Crippen LogP contribution in [0.1, 0.15) is 70.1 Å². The van der Waals surface area contributed by atoms with E-state index in [-0.39, 0.29) is 37.6 Å². The number of ether oxygens (including phenoxy) is 1. The lowest BCUT2D eigenvalue weighted by molar-refractivity contribution is -0.135. The lowest BCUT2D eigenvalue weighted by Crippen LogP contribution is -2.58. The molecule has 0 bridgehead atoms. The third-order valence-electron chi connectivity index (χ3n) is 9.93. The molecule has 2 fully saturated rings. The SMILES string of the molecule is CNC(=O)[C@@H](C[C@H](O)[C@H](CC1CCCCC1)NC(=O)[C@H](Cc1cscn1)NC(=O)[C@H](Cc1ccccc1)NC(=O)CN1CCOCC1)C(C)(C)O. The average Bonchev–Trinajstić information content (AvgIpc) is 3.63. The highest BCUT2D eigenvalue weighted by atomic mass is 32.1. The summed E-state index contributed by atoms with van der Waals surface area (Å²) >= 11 is 1.37. The van der Waals surface area contributed by atoms with Crippen molar-refractivity contribution in [2.24, 2.45) is 11.8 Å². The Morgan fingerprint density at radius 3 is 2.25 bits per heavy atom. The molecule has 51 heavy (non-hydrogen) atoms. The number of benzene rings is 1. The van der Waals surface area contributed by atoms with E-state index in [1.54, 1.807) is 5.51 Å². The summed E-state index contributed by atoms with van der Waals surface area (Å²) in [6.07, 6.45) is 4.78. The normalized spacial score (nSPS) is 18.8. The summed E-state index contributed by atoms with van der Waals surface area (Å²) in [5, 5.41) is 35.6. The van der Waals surface area contributed by atoms with E-state index in [0.717, 1.165) is 37.7 Å². The van der Waals surface area contributed by atoms with Crippen molar-refractivity contribution in [2.75, 3.05) is 39.9 Å². The number of aromatic nitrogens is 1. The van der Waals surface area contributed by atoms with Crippen molar-refractivity contribution >= 4 is 35.0 Å². The lowest BCUT2D eigenvalue weighted by Gasteiger charge is -2.35. The summed E-state index contributed by atoms with van der Waals surface area (Å²) in [6.45, 7) is 5.48. The molecule has 2 aliphatic rings. The highest BCUT2D eigenvalue weighted by Crippen LogP contribution is 2.30. The Bertz CT molecular complexity index is 1380. The number of hydrogen-bond acceptors (Lipinski definition) is 10. The molecule has 5 atom stereocenters. The summed E-state index contributed by atoms with van der Waals surface area (Å²) in [5.74, 6) is -2.39. The number of amides is 4. The van der Waals surface area contributed by atoms with E-state index in [4.69, 9.17) is 4.74 Å². The topological polar surface area (TPSA) is 182 Å². The van der Waals surface area contributed by atoms with Crippen LogP contribution in [0.2, 0.25) is 0 Å². The maximum absolute atomic E-state index is 14.2. The first kappa shape index (κ1) is 40.3. The fourth-order valence-electron chi connectivity index (χ4n) is 6.96. The van der Waals surface area contributed by atoms with Gasteiger partial charge >= 0.3 is 0 Å². The second kappa shape index (κ2) is 20.0. The third-order valence-corrected chi connectivity index (χ3v) is 10.6. The Hall–Kier alpha value is -3.43. The molecule has 1 aromatic carbocycles. The Labute approximate surface area is 305 Å². The van der Waals surface area contributed by atoms with E-state index in [1.165, 1.54) is 32.2 Å². The van der Waals surface area contributed by atoms with Crippen molar-refractivity contribution in [2.45, 2.75) is 101 Å². The van der Waals surface area contributed by atoms with E-state index < -0.39 is 53.5 Å². The summed E-state index contributed by atoms with van der Waals surface area (Å²) in [6, 6.07) is 6.59. The van der Waals surface area contributed by atoms with Crippen molar-refractivity contribution in [3.63, 3.8) is 0 Å². The fourth-order valence-corrected chi connectivity index (χ4v) is 7.54. The summed E-state index contributed by atoms with van der Waals surface area (Å²) in [5.41, 5.74) is 1.70. The molecular formula is C37H56N6O7S. The minimum absolute atomic E-state index is 0.0712. The van der Waals surface area contributed by atoms with Gasteiger partial charge in [0.2, 0.25) is 23.6 Å². The summed E-state index contributed by atoms with van der Waals surface area (Å²) < 4.78 is 5.40. The zero-order valence-corrected chi connectivity index (χ0v) is 31.0. The minimum atomic E-state index is -1.42. The number of nitrogens with zero attached hydrogens (tertiary/aromatic N) is 2. The quantitative estimate of drug-likeness (QED) is 0.133. The van der Waals surface area contributed by atoms with Gasteiger partial charge in [-0.25, -0.2) is 4.98 Å². The van der Waals surface area contributed by atoms with E-state index >= 15 is 0 Å². The van der Waals surface area contributed by atoms with Gasteiger partial charge in [-0.15, -0.1) is 11.3 Å². The monoisotopic (exact) mass is 728 g/mol. The van der Waals surface area contributed by atoms with E-state index in [1.807, 2.05) is 40.6 Å². The van der Waals surface area contributed by atoms with Crippen molar-refractivity contribution < 1.29 is 34.1 Å². The first-order valence-electron chi connectivity index (χ1n) is 18.2. The number of nitrogens with one attached hydrogen (secondary N) is 4. The maximum atomic E-state index is 14.2. The van der Waals surface area contributed by atoms with Crippen LogP contribution in [0.15, 0.2) is 41.2 Å². The minimum Gasteiger partial charge on any atom is -0.391 e. The Balaban J connectivity index is 1.55. The van der Waals surface area contributed by atoms with Crippen molar-refractivity contribution in [1.82, 2.24) is 31.2 Å². The maximum Gasteiger partial charge on any atom is 0.243 e. The second-order valence-corrected chi connectivity index (χ2v) is 15.1. The summed E-state index contributed by atoms with van der Waals surface area (Å²) in [7, 11) is 1.48. The molecule has 2 heterocycles. The number of aliphatic hydroxyl groups is 2. The van der Waals surface area contributed by atoms with Gasteiger partial charge in [-0.3, -0.25) is 24.1 Å². The van der Waals surface area contributed by atoms with Gasteiger partial charge in [-0.05, 0) is 38.2 Å². The molecule has 282 valence electrons. The zero-order valence-electron chi connectivity index (χ0n) is 30.1. The number of thiazole rings is 1. The van der Waals surface area contributed by atoms with Crippen LogP contribution in [-0.4, -0.2) is 113 Å². The predicted octanol–water partition coefficient (Wildman–Crippen LogP) is 1.57. The molecule has 1 saturated heterocycles. The van der Waals surface area contributed by atoms with Gasteiger partial charge in [0.25, 0.3) is 0 Å². The first-order chi connectivity index (χ1) is 24.4. The molecule has 14 heteroatoms. The standard InChI is InChI=1S/C37H56N6O7S/c1-37(2,49)28(34(46)38-3)21-32(44)29(18-25-10-6-4-7-11-25)41-36(48)31(20-27-23-51-24-39-27)42-35(47)30(19-26-12-8-5-9-13-26)40-33(45)22-43-14-16-50-17-15-43/h5,8-9,12-13,23-25,28-32,44,49H,4,6-7,10-11,14-22H2,1-3H3,(H,38,46)(H,40,45)(H,41,48)(H,42,47)/t28-,29+,30+,31+,32+/m1/s1. The van der Waals surface area contributed by atoms with Gasteiger partial charge < -0.3 is 36.2 Å². The molecular weight excluding hydrogens is 673 g/mol. The lowest BCUT2D eigenvalue weighted by atomic mass is 9.80. The van der Waals surface area contributed by atoms with Crippen LogP contribution >= 0.6 is 11.3 Å². The molecule has 6 N–H and O–H groups in total. The van der Waals surface area contributed by atoms with Gasteiger partial charge in [0, 0.05) is 38.4 Å². The molecule has 4 amide bonds. The van der Waals surface area contributed by atoms with Crippen LogP contribution in [0.4, 0.5) is 0 Å². The van der Waals surface area contributed by atoms with Crippen LogP contribution < -0.4 is 21.3 Å². The number of aliphatic hydroxyl groups excluding tert-OH is 1. The van der Waals surface area contributed by atoms with Crippen molar-refractivity contribution in [3.8, 4) is 0 Å². The van der Waals surface area contributed by atoms with Crippen LogP contribution in [0, 0.1) is 11.8 Å². The Morgan fingerprint density at radius 1 is 0.961 bits per heavy atom. The molecule has 1 saturated carbocycles. The van der Waals surface area contributed by atoms with Gasteiger partial charge in [-0.2, -0.15) is 0 Å². The van der Waals surface area contributed by atoms with Crippen LogP contribution in [-0.2, 0) is 36.8 Å². The van der Waals surface area contributed by atoms with Gasteiger partial charge in [0.15, 0.2) is 0 Å².